The normalized spacial score (nSPS) is 14.8. The van der Waals surface area contributed by atoms with E-state index < -0.39 is 8.07 Å². The van der Waals surface area contributed by atoms with Gasteiger partial charge >= 0.3 is 0 Å². The summed E-state index contributed by atoms with van der Waals surface area (Å²) in [5.41, 5.74) is 9.93. The first-order valence-electron chi connectivity index (χ1n) is 14.0. The van der Waals surface area contributed by atoms with Gasteiger partial charge in [0.05, 0.1) is 11.0 Å². The van der Waals surface area contributed by atoms with E-state index in [4.69, 9.17) is 9.97 Å². The molecule has 2 aromatic heterocycles. The molecule has 3 heterocycles. The van der Waals surface area contributed by atoms with Crippen LogP contribution in [-0.2, 0) is 0 Å². The highest BCUT2D eigenvalue weighted by atomic mass is 28.3. The van der Waals surface area contributed by atoms with Crippen LogP contribution in [0.3, 0.4) is 0 Å². The molecule has 1 aliphatic heterocycles. The van der Waals surface area contributed by atoms with Crippen molar-refractivity contribution in [1.82, 2.24) is 9.97 Å². The first-order chi connectivity index (χ1) is 19.7. The molecule has 0 aliphatic carbocycles. The van der Waals surface area contributed by atoms with Crippen molar-refractivity contribution in [3.63, 3.8) is 0 Å². The molecule has 0 amide bonds. The number of benzene rings is 4. The Labute approximate surface area is 236 Å². The van der Waals surface area contributed by atoms with Crippen LogP contribution in [-0.4, -0.2) is 18.0 Å². The molecule has 1 aliphatic rings. The van der Waals surface area contributed by atoms with Crippen LogP contribution in [0.2, 0.25) is 12.6 Å². The Hall–Kier alpha value is -4.60. The molecule has 40 heavy (non-hydrogen) atoms. The molecule has 0 N–H and O–H groups in total. The maximum absolute atomic E-state index is 4.75. The molecule has 0 unspecified atom stereocenters. The number of fused-ring (bicyclic) bond motifs is 2. The fraction of sp³-hybridized carbons (Fsp3) is 0.0811. The summed E-state index contributed by atoms with van der Waals surface area (Å²) < 4.78 is 0. The molecule has 2 nitrogen and oxygen atoms in total. The fourth-order valence-corrected chi connectivity index (χ4v) is 10.8. The van der Waals surface area contributed by atoms with Crippen LogP contribution in [0, 0.1) is 0 Å². The highest BCUT2D eigenvalue weighted by Gasteiger charge is 2.46. The number of allylic oxidation sites excluding steroid dienone is 2. The number of hydrogen-bond donors (Lipinski definition) is 0. The van der Waals surface area contributed by atoms with Gasteiger partial charge in [-0.15, -0.1) is 0 Å². The molecule has 7 rings (SSSR count). The van der Waals surface area contributed by atoms with Crippen molar-refractivity contribution in [2.24, 2.45) is 0 Å². The molecule has 6 aromatic rings. The second-order valence-electron chi connectivity index (χ2n) is 10.7. The topological polar surface area (TPSA) is 25.8 Å². The van der Waals surface area contributed by atoms with E-state index in [0.717, 1.165) is 17.1 Å². The Kier molecular flexibility index (Phi) is 6.02. The molecule has 0 saturated heterocycles. The van der Waals surface area contributed by atoms with Crippen molar-refractivity contribution < 1.29 is 0 Å². The average molecular weight is 531 g/mol. The van der Waals surface area contributed by atoms with Gasteiger partial charge in [-0.05, 0) is 68.1 Å². The monoisotopic (exact) mass is 530 g/mol. The van der Waals surface area contributed by atoms with Crippen molar-refractivity contribution in [3.05, 3.63) is 156 Å². The highest BCUT2D eigenvalue weighted by Crippen LogP contribution is 2.58. The Morgan fingerprint density at radius 1 is 0.500 bits per heavy atom. The van der Waals surface area contributed by atoms with Crippen LogP contribution in [0.5, 0.6) is 0 Å². The average Bonchev–Trinajstić information content (AvgIpc) is 3.30. The smallest absolute Gasteiger partial charge is 0.118 e. The summed E-state index contributed by atoms with van der Waals surface area (Å²) in [4.78, 5) is 9.50. The molecule has 3 heteroatoms. The second-order valence-corrected chi connectivity index (χ2v) is 15.0. The summed E-state index contributed by atoms with van der Waals surface area (Å²) in [6.07, 6.45) is 3.79. The molecule has 0 spiro atoms. The molecule has 0 saturated carbocycles. The van der Waals surface area contributed by atoms with E-state index in [9.17, 15) is 0 Å². The van der Waals surface area contributed by atoms with E-state index in [0.29, 0.717) is 0 Å². The van der Waals surface area contributed by atoms with Crippen molar-refractivity contribution in [3.8, 4) is 0 Å². The molecule has 0 fully saturated rings. The van der Waals surface area contributed by atoms with Crippen molar-refractivity contribution in [2.45, 2.75) is 19.5 Å². The van der Waals surface area contributed by atoms with Gasteiger partial charge in [0.1, 0.15) is 8.07 Å². The minimum atomic E-state index is -2.32. The summed E-state index contributed by atoms with van der Waals surface area (Å²) in [6, 6.07) is 44.9. The van der Waals surface area contributed by atoms with Crippen LogP contribution in [0.4, 0.5) is 0 Å². The minimum absolute atomic E-state index is 1.04. The predicted octanol–water partition coefficient (Wildman–Crippen LogP) is 9.50. The lowest BCUT2D eigenvalue weighted by Gasteiger charge is -2.30. The lowest BCUT2D eigenvalue weighted by molar-refractivity contribution is 1.39. The quantitative estimate of drug-likeness (QED) is 0.207. The minimum Gasteiger partial charge on any atom is -0.256 e. The van der Waals surface area contributed by atoms with Gasteiger partial charge in [-0.1, -0.05) is 117 Å². The lowest BCUT2D eigenvalue weighted by atomic mass is 9.88. The van der Waals surface area contributed by atoms with Gasteiger partial charge in [-0.25, -0.2) is 0 Å². The summed E-state index contributed by atoms with van der Waals surface area (Å²) in [7, 11) is -2.32. The summed E-state index contributed by atoms with van der Waals surface area (Å²) in [6.45, 7) is 4.95. The van der Waals surface area contributed by atoms with Crippen LogP contribution in [0.15, 0.2) is 134 Å². The Bertz CT molecular complexity index is 1790. The van der Waals surface area contributed by atoms with Gasteiger partial charge in [0.2, 0.25) is 0 Å². The molecular formula is C37H30N2Si. The summed E-state index contributed by atoms with van der Waals surface area (Å²) in [5, 5.41) is 5.42. The van der Waals surface area contributed by atoms with Crippen LogP contribution < -0.4 is 0 Å². The van der Waals surface area contributed by atoms with Crippen LogP contribution >= 0.6 is 0 Å². The Morgan fingerprint density at radius 3 is 1.38 bits per heavy atom. The number of hydrogen-bond acceptors (Lipinski definition) is 2. The Morgan fingerprint density at radius 2 is 0.950 bits per heavy atom. The number of aromatic nitrogens is 2. The zero-order chi connectivity index (χ0) is 27.1. The number of pyridine rings is 2. The number of nitrogens with zero attached hydrogens (tertiary/aromatic N) is 2. The molecule has 4 aromatic carbocycles. The van der Waals surface area contributed by atoms with E-state index in [1.54, 1.807) is 0 Å². The number of rotatable bonds is 5. The van der Waals surface area contributed by atoms with E-state index in [1.807, 2.05) is 12.4 Å². The zero-order valence-corrected chi connectivity index (χ0v) is 23.8. The maximum atomic E-state index is 4.75. The third-order valence-corrected chi connectivity index (χ3v) is 13.2. The standard InChI is InChI=1S/C37H30N2Si/c1-3-40(2)36(30-18-10-22-32-28(30)20-12-24-38-32)34(26-14-6-4-7-15-26)35(27-16-8-5-9-17-27)37(40)31-19-11-23-33-29(31)21-13-25-39-33/h4-25H,3H2,1-2H3. The first kappa shape index (κ1) is 24.4. The fourth-order valence-electron chi connectivity index (χ4n) is 6.57. The van der Waals surface area contributed by atoms with Gasteiger partial charge in [0, 0.05) is 23.2 Å². The van der Waals surface area contributed by atoms with Gasteiger partial charge in [-0.3, -0.25) is 9.97 Å². The SMILES string of the molecule is CC[Si]1(C)C(c2cccc3ncccc23)=C(c2ccccc2)C(c2ccccc2)=C1c1cccc2ncccc12. The molecule has 0 radical (unpaired) electrons. The lowest BCUT2D eigenvalue weighted by Crippen LogP contribution is -2.32. The van der Waals surface area contributed by atoms with Crippen molar-refractivity contribution in [2.75, 3.05) is 0 Å². The first-order valence-corrected chi connectivity index (χ1v) is 16.7. The highest BCUT2D eigenvalue weighted by molar-refractivity contribution is 7.14. The predicted molar refractivity (Wildman–Crippen MR) is 172 cm³/mol. The van der Waals surface area contributed by atoms with E-state index >= 15 is 0 Å². The van der Waals surface area contributed by atoms with Crippen LogP contribution in [0.25, 0.3) is 43.3 Å². The van der Waals surface area contributed by atoms with E-state index in [1.165, 1.54) is 54.6 Å². The molecular weight excluding hydrogens is 501 g/mol. The molecule has 0 atom stereocenters. The summed E-state index contributed by atoms with van der Waals surface area (Å²) in [5.74, 6) is 0. The largest absolute Gasteiger partial charge is 0.256 e. The van der Waals surface area contributed by atoms with E-state index in [-0.39, 0.29) is 0 Å². The van der Waals surface area contributed by atoms with Crippen molar-refractivity contribution >= 4 is 51.4 Å². The van der Waals surface area contributed by atoms with Crippen molar-refractivity contribution in [1.29, 1.82) is 0 Å². The third kappa shape index (κ3) is 3.77. The summed E-state index contributed by atoms with van der Waals surface area (Å²) >= 11 is 0. The molecule has 0 bridgehead atoms. The Balaban J connectivity index is 1.68. The van der Waals surface area contributed by atoms with Gasteiger partial charge in [0.25, 0.3) is 0 Å². The second kappa shape index (κ2) is 9.85. The zero-order valence-electron chi connectivity index (χ0n) is 22.8. The van der Waals surface area contributed by atoms with E-state index in [2.05, 4.69) is 135 Å². The van der Waals surface area contributed by atoms with Gasteiger partial charge < -0.3 is 0 Å². The third-order valence-electron chi connectivity index (χ3n) is 8.52. The van der Waals surface area contributed by atoms with Crippen LogP contribution in [0.1, 0.15) is 29.2 Å². The maximum Gasteiger partial charge on any atom is 0.118 e. The van der Waals surface area contributed by atoms with Gasteiger partial charge in [-0.2, -0.15) is 0 Å². The molecule has 192 valence electrons. The van der Waals surface area contributed by atoms with Gasteiger partial charge in [0.15, 0.2) is 0 Å².